The molecule has 22 heavy (non-hydrogen) atoms. The molecule has 2 heterocycles. The van der Waals surface area contributed by atoms with Gasteiger partial charge in [0.25, 0.3) is 0 Å². The number of rotatable bonds is 2. The molecule has 2 aliphatic rings. The van der Waals surface area contributed by atoms with Crippen molar-refractivity contribution < 1.29 is 31.6 Å². The Labute approximate surface area is 126 Å². The van der Waals surface area contributed by atoms with E-state index in [0.717, 1.165) is 18.2 Å². The summed E-state index contributed by atoms with van der Waals surface area (Å²) in [6.45, 7) is 0. The van der Waals surface area contributed by atoms with Crippen LogP contribution < -0.4 is 4.74 Å². The molecule has 0 amide bonds. The summed E-state index contributed by atoms with van der Waals surface area (Å²) in [5.41, 5.74) is -1.82. The van der Waals surface area contributed by atoms with E-state index < -0.39 is 34.3 Å². The molecule has 0 aromatic heterocycles. The molecule has 2 atom stereocenters. The average molecular weight is 338 g/mol. The van der Waals surface area contributed by atoms with E-state index in [9.17, 15) is 26.9 Å². The Balaban J connectivity index is 1.94. The number of hydrogen-bond acceptors (Lipinski definition) is 3. The van der Waals surface area contributed by atoms with Crippen molar-refractivity contribution in [1.29, 1.82) is 0 Å². The van der Waals surface area contributed by atoms with Gasteiger partial charge in [0.1, 0.15) is 11.6 Å². The van der Waals surface area contributed by atoms with Crippen LogP contribution in [0.3, 0.4) is 0 Å². The highest BCUT2D eigenvalue weighted by molar-refractivity contribution is 7.86. The van der Waals surface area contributed by atoms with Crippen molar-refractivity contribution in [3.8, 4) is 5.75 Å². The normalized spacial score (nSPS) is 34.7. The number of ether oxygens (including phenoxy) is 1. The molecular weight excluding hydrogens is 324 g/mol. The summed E-state index contributed by atoms with van der Waals surface area (Å²) in [4.78, 5) is 0. The van der Waals surface area contributed by atoms with E-state index in [1.165, 1.54) is 0 Å². The van der Waals surface area contributed by atoms with Crippen LogP contribution in [0.1, 0.15) is 31.2 Å². The highest BCUT2D eigenvalue weighted by Crippen LogP contribution is 2.47. The van der Waals surface area contributed by atoms with E-state index in [0.29, 0.717) is 12.8 Å². The topological polar surface area (TPSA) is 46.5 Å². The highest BCUT2D eigenvalue weighted by atomic mass is 32.2. The molecule has 8 heteroatoms. The van der Waals surface area contributed by atoms with Gasteiger partial charge >= 0.3 is 6.36 Å². The Morgan fingerprint density at radius 1 is 1.23 bits per heavy atom. The molecule has 0 radical (unpaired) electrons. The smallest absolute Gasteiger partial charge is 0.406 e. The molecule has 0 saturated carbocycles. The van der Waals surface area contributed by atoms with E-state index in [2.05, 4.69) is 4.74 Å². The van der Waals surface area contributed by atoms with E-state index in [1.54, 1.807) is 0 Å². The summed E-state index contributed by atoms with van der Waals surface area (Å²) in [6.07, 6.45) is -3.35. The maximum atomic E-state index is 14.0. The van der Waals surface area contributed by atoms with Crippen molar-refractivity contribution in [2.75, 3.05) is 0 Å². The maximum absolute atomic E-state index is 14.0. The number of alkyl halides is 3. The number of halogens is 4. The SMILES string of the molecule is O=S1C2CCC1CC(O)(c1cc(OC(F)(F)F)ccc1F)C2. The Kier molecular flexibility index (Phi) is 3.71. The van der Waals surface area contributed by atoms with Crippen molar-refractivity contribution >= 4 is 10.8 Å². The minimum atomic E-state index is -4.88. The second kappa shape index (κ2) is 5.19. The lowest BCUT2D eigenvalue weighted by Crippen LogP contribution is -2.40. The third kappa shape index (κ3) is 2.86. The summed E-state index contributed by atoms with van der Waals surface area (Å²) in [5.74, 6) is -1.36. The van der Waals surface area contributed by atoms with Crippen LogP contribution in [0, 0.1) is 5.82 Å². The minimum absolute atomic E-state index is 0.0858. The second-order valence-corrected chi connectivity index (χ2v) is 7.77. The fourth-order valence-corrected chi connectivity index (χ4v) is 5.52. The van der Waals surface area contributed by atoms with Crippen molar-refractivity contribution in [3.63, 3.8) is 0 Å². The maximum Gasteiger partial charge on any atom is 0.573 e. The molecule has 122 valence electrons. The molecular formula is C14H14F4O3S. The average Bonchev–Trinajstić information content (AvgIpc) is 2.63. The van der Waals surface area contributed by atoms with Crippen LogP contribution in [-0.2, 0) is 16.4 Å². The summed E-state index contributed by atoms with van der Waals surface area (Å²) in [6, 6.07) is 2.60. The number of benzene rings is 1. The van der Waals surface area contributed by atoms with Gasteiger partial charge < -0.3 is 9.84 Å². The van der Waals surface area contributed by atoms with Gasteiger partial charge in [0.2, 0.25) is 0 Å². The van der Waals surface area contributed by atoms with E-state index in [4.69, 9.17) is 0 Å². The Hall–Kier alpha value is -1.15. The summed E-state index contributed by atoms with van der Waals surface area (Å²) >= 11 is 0. The van der Waals surface area contributed by atoms with Crippen LogP contribution in [0.15, 0.2) is 18.2 Å². The standard InChI is InChI=1S/C14H14F4O3S/c15-12-4-1-8(21-14(16,17)18)5-11(12)13(19)6-9-2-3-10(7-13)22(9)20/h1,4-5,9-10,19H,2-3,6-7H2. The molecule has 3 rings (SSSR count). The molecule has 2 unspecified atom stereocenters. The van der Waals surface area contributed by atoms with Crippen molar-refractivity contribution in [2.24, 2.45) is 0 Å². The second-order valence-electron chi connectivity index (χ2n) is 5.78. The van der Waals surface area contributed by atoms with E-state index in [1.807, 2.05) is 0 Å². The summed E-state index contributed by atoms with van der Waals surface area (Å²) < 4.78 is 66.6. The Bertz CT molecular complexity index is 601. The fraction of sp³-hybridized carbons (Fsp3) is 0.571. The molecule has 0 aliphatic carbocycles. The Morgan fingerprint density at radius 3 is 2.36 bits per heavy atom. The van der Waals surface area contributed by atoms with E-state index in [-0.39, 0.29) is 28.9 Å². The monoisotopic (exact) mass is 338 g/mol. The van der Waals surface area contributed by atoms with Gasteiger partial charge in [-0.15, -0.1) is 13.2 Å². The van der Waals surface area contributed by atoms with Gasteiger partial charge in [-0.05, 0) is 43.9 Å². The molecule has 2 aliphatic heterocycles. The van der Waals surface area contributed by atoms with Gasteiger partial charge in [0.15, 0.2) is 0 Å². The van der Waals surface area contributed by atoms with Crippen LogP contribution in [-0.4, -0.2) is 26.2 Å². The largest absolute Gasteiger partial charge is 0.573 e. The van der Waals surface area contributed by atoms with E-state index >= 15 is 0 Å². The van der Waals surface area contributed by atoms with Gasteiger partial charge in [-0.1, -0.05) is 0 Å². The summed E-state index contributed by atoms with van der Waals surface area (Å²) in [7, 11) is -1.06. The molecule has 2 saturated heterocycles. The molecule has 2 bridgehead atoms. The predicted molar refractivity (Wildman–Crippen MR) is 71.2 cm³/mol. The predicted octanol–water partition coefficient (Wildman–Crippen LogP) is 2.99. The highest BCUT2D eigenvalue weighted by Gasteiger charge is 2.49. The molecule has 1 aromatic rings. The van der Waals surface area contributed by atoms with Crippen LogP contribution in [0.5, 0.6) is 5.75 Å². The first kappa shape index (κ1) is 15.7. The van der Waals surface area contributed by atoms with Gasteiger partial charge in [0.05, 0.1) is 5.60 Å². The number of fused-ring (bicyclic) bond motifs is 2. The van der Waals surface area contributed by atoms with Crippen LogP contribution in [0.4, 0.5) is 17.6 Å². The van der Waals surface area contributed by atoms with Gasteiger partial charge in [-0.3, -0.25) is 4.21 Å². The molecule has 0 spiro atoms. The quantitative estimate of drug-likeness (QED) is 0.844. The molecule has 3 nitrogen and oxygen atoms in total. The van der Waals surface area contributed by atoms with Crippen molar-refractivity contribution in [3.05, 3.63) is 29.6 Å². The minimum Gasteiger partial charge on any atom is -0.406 e. The third-order valence-corrected chi connectivity index (χ3v) is 6.39. The lowest BCUT2D eigenvalue weighted by Gasteiger charge is -2.36. The zero-order valence-corrected chi connectivity index (χ0v) is 12.2. The van der Waals surface area contributed by atoms with Gasteiger partial charge in [-0.25, -0.2) is 4.39 Å². The summed E-state index contributed by atoms with van der Waals surface area (Å²) in [5, 5.41) is 10.3. The van der Waals surface area contributed by atoms with Crippen molar-refractivity contribution in [1.82, 2.24) is 0 Å². The first-order valence-corrected chi connectivity index (χ1v) is 8.13. The van der Waals surface area contributed by atoms with Gasteiger partial charge in [0, 0.05) is 26.9 Å². The van der Waals surface area contributed by atoms with Crippen LogP contribution in [0.2, 0.25) is 0 Å². The third-order valence-electron chi connectivity index (χ3n) is 4.27. The van der Waals surface area contributed by atoms with Crippen molar-refractivity contribution in [2.45, 2.75) is 48.1 Å². The first-order chi connectivity index (χ1) is 10.2. The zero-order valence-electron chi connectivity index (χ0n) is 11.4. The zero-order chi connectivity index (χ0) is 16.1. The lowest BCUT2D eigenvalue weighted by molar-refractivity contribution is -0.274. The first-order valence-electron chi connectivity index (χ1n) is 6.85. The lowest BCUT2D eigenvalue weighted by atomic mass is 9.85. The van der Waals surface area contributed by atoms with Crippen LogP contribution >= 0.6 is 0 Å². The Morgan fingerprint density at radius 2 is 1.82 bits per heavy atom. The molecule has 1 N–H and O–H groups in total. The van der Waals surface area contributed by atoms with Crippen LogP contribution in [0.25, 0.3) is 0 Å². The fourth-order valence-electron chi connectivity index (χ4n) is 3.36. The number of aliphatic hydroxyl groups is 1. The molecule has 2 fully saturated rings. The molecule has 1 aromatic carbocycles. The number of hydrogen-bond donors (Lipinski definition) is 1. The van der Waals surface area contributed by atoms with Gasteiger partial charge in [-0.2, -0.15) is 0 Å².